The summed E-state index contributed by atoms with van der Waals surface area (Å²) in [6.45, 7) is 0.546. The molecule has 1 fully saturated rings. The summed E-state index contributed by atoms with van der Waals surface area (Å²) in [5.74, 6) is 0.925. The molecule has 102 valence electrons. The van der Waals surface area contributed by atoms with Crippen LogP contribution in [0.5, 0.6) is 5.75 Å². The van der Waals surface area contributed by atoms with Crippen LogP contribution < -0.4 is 15.2 Å². The van der Waals surface area contributed by atoms with Crippen LogP contribution >= 0.6 is 12.6 Å². The molecule has 0 spiro atoms. The normalized spacial score (nSPS) is 26.9. The molecule has 19 heavy (non-hydrogen) atoms. The lowest BCUT2D eigenvalue weighted by Crippen LogP contribution is -2.27. The number of nitrogens with one attached hydrogen (secondary N) is 1. The molecular formula is C11H13N3O3S2. The van der Waals surface area contributed by atoms with Gasteiger partial charge in [-0.15, -0.1) is 4.40 Å². The minimum Gasteiger partial charge on any atom is -0.492 e. The zero-order valence-electron chi connectivity index (χ0n) is 9.91. The topological polar surface area (TPSA) is 93.8 Å². The van der Waals surface area contributed by atoms with Crippen molar-refractivity contribution < 1.29 is 13.2 Å². The zero-order valence-corrected chi connectivity index (χ0v) is 11.6. The van der Waals surface area contributed by atoms with Crippen LogP contribution in [0.25, 0.3) is 0 Å². The van der Waals surface area contributed by atoms with Crippen molar-refractivity contribution in [2.24, 2.45) is 16.0 Å². The number of fused-ring (bicyclic) bond motifs is 1. The molecule has 1 saturated carbocycles. The number of nitrogens with two attached hydrogens (primary N) is 1. The van der Waals surface area contributed by atoms with Gasteiger partial charge in [-0.05, 0) is 18.6 Å². The summed E-state index contributed by atoms with van der Waals surface area (Å²) in [4.78, 5) is 0. The lowest BCUT2D eigenvalue weighted by atomic mass is 10.1. The van der Waals surface area contributed by atoms with E-state index in [1.807, 2.05) is 0 Å². The molecule has 0 amide bonds. The van der Waals surface area contributed by atoms with Crippen molar-refractivity contribution >= 4 is 34.4 Å². The van der Waals surface area contributed by atoms with Crippen molar-refractivity contribution in [2.45, 2.75) is 11.7 Å². The van der Waals surface area contributed by atoms with E-state index in [1.165, 1.54) is 0 Å². The predicted molar refractivity (Wildman–Crippen MR) is 76.1 cm³/mol. The Morgan fingerprint density at radius 1 is 1.53 bits per heavy atom. The molecule has 2 atom stereocenters. The van der Waals surface area contributed by atoms with Gasteiger partial charge >= 0.3 is 10.2 Å². The highest BCUT2D eigenvalue weighted by Gasteiger charge is 2.34. The lowest BCUT2D eigenvalue weighted by Gasteiger charge is -2.19. The second-order valence-electron chi connectivity index (χ2n) is 4.61. The second-order valence-corrected chi connectivity index (χ2v) is 6.61. The highest BCUT2D eigenvalue weighted by molar-refractivity contribution is 7.91. The monoisotopic (exact) mass is 299 g/mol. The number of ether oxygens (including phenoxy) is 1. The maximum absolute atomic E-state index is 11.4. The van der Waals surface area contributed by atoms with Gasteiger partial charge in [0.15, 0.2) is 5.84 Å². The number of nitrogens with zero attached hydrogens (tertiary/aromatic N) is 1. The van der Waals surface area contributed by atoms with E-state index in [-0.39, 0.29) is 5.84 Å². The maximum atomic E-state index is 11.4. The molecule has 0 radical (unpaired) electrons. The van der Waals surface area contributed by atoms with Crippen molar-refractivity contribution in [3.8, 4) is 5.75 Å². The Morgan fingerprint density at radius 3 is 2.95 bits per heavy atom. The van der Waals surface area contributed by atoms with Gasteiger partial charge < -0.3 is 10.5 Å². The van der Waals surface area contributed by atoms with Crippen molar-refractivity contribution in [1.29, 1.82) is 0 Å². The molecule has 1 aliphatic heterocycles. The van der Waals surface area contributed by atoms with Crippen molar-refractivity contribution in [2.75, 3.05) is 11.3 Å². The third-order valence-electron chi connectivity index (χ3n) is 3.08. The fraction of sp³-hybridized carbons (Fsp3) is 0.364. The van der Waals surface area contributed by atoms with Gasteiger partial charge in [0.1, 0.15) is 5.75 Å². The summed E-state index contributed by atoms with van der Waals surface area (Å²) in [6.07, 6.45) is 1.04. The summed E-state index contributed by atoms with van der Waals surface area (Å²) in [5.41, 5.74) is 6.59. The third kappa shape index (κ3) is 2.50. The molecule has 2 unspecified atom stereocenters. The number of hydrogen-bond acceptors (Lipinski definition) is 5. The molecule has 0 aromatic heterocycles. The molecule has 2 aliphatic rings. The molecule has 0 bridgehead atoms. The van der Waals surface area contributed by atoms with E-state index < -0.39 is 10.2 Å². The molecule has 1 aromatic rings. The van der Waals surface area contributed by atoms with E-state index in [4.69, 9.17) is 10.5 Å². The smallest absolute Gasteiger partial charge is 0.344 e. The molecule has 3 rings (SSSR count). The summed E-state index contributed by atoms with van der Waals surface area (Å²) >= 11 is 4.34. The minimum absolute atomic E-state index is 0.0532. The molecule has 3 N–H and O–H groups in total. The Hall–Kier alpha value is -1.41. The highest BCUT2D eigenvalue weighted by atomic mass is 32.2. The molecule has 1 aromatic carbocycles. The Kier molecular flexibility index (Phi) is 2.86. The van der Waals surface area contributed by atoms with Crippen molar-refractivity contribution in [3.63, 3.8) is 0 Å². The SMILES string of the molecule is NC1=NS(=O)(=O)Nc2cccc(OCC3CC3S)c21. The number of amidine groups is 1. The van der Waals surface area contributed by atoms with Crippen LogP contribution in [0.2, 0.25) is 0 Å². The Bertz CT molecular complexity index is 657. The van der Waals surface area contributed by atoms with Gasteiger partial charge in [-0.3, -0.25) is 4.72 Å². The van der Waals surface area contributed by atoms with Gasteiger partial charge in [-0.2, -0.15) is 21.0 Å². The fourth-order valence-electron chi connectivity index (χ4n) is 1.95. The molecule has 8 heteroatoms. The molecule has 1 aliphatic carbocycles. The van der Waals surface area contributed by atoms with Gasteiger partial charge in [0.25, 0.3) is 0 Å². The van der Waals surface area contributed by atoms with E-state index in [0.717, 1.165) is 6.42 Å². The van der Waals surface area contributed by atoms with Crippen LogP contribution in [-0.4, -0.2) is 26.1 Å². The Labute approximate surface area is 116 Å². The highest BCUT2D eigenvalue weighted by Crippen LogP contribution is 2.37. The van der Waals surface area contributed by atoms with E-state index >= 15 is 0 Å². The van der Waals surface area contributed by atoms with E-state index in [0.29, 0.717) is 34.8 Å². The maximum Gasteiger partial charge on any atom is 0.344 e. The standard InChI is InChI=1S/C11H13N3O3S2/c12-11-10-7(13-19(15,16)14-11)2-1-3-8(10)17-5-6-4-9(6)18/h1-3,6,9,13,18H,4-5H2,(H2,12,14). The summed E-state index contributed by atoms with van der Waals surface area (Å²) < 4.78 is 34.3. The van der Waals surface area contributed by atoms with Gasteiger partial charge in [0.2, 0.25) is 0 Å². The number of anilines is 1. The van der Waals surface area contributed by atoms with Gasteiger partial charge in [-0.25, -0.2) is 0 Å². The van der Waals surface area contributed by atoms with E-state index in [1.54, 1.807) is 18.2 Å². The van der Waals surface area contributed by atoms with Gasteiger partial charge in [-0.1, -0.05) is 6.07 Å². The van der Waals surface area contributed by atoms with Crippen LogP contribution in [0.15, 0.2) is 22.6 Å². The van der Waals surface area contributed by atoms with E-state index in [9.17, 15) is 8.42 Å². The number of thiol groups is 1. The third-order valence-corrected chi connectivity index (χ3v) is 4.63. The molecule has 0 saturated heterocycles. The number of hydrogen-bond donors (Lipinski definition) is 3. The lowest BCUT2D eigenvalue weighted by molar-refractivity contribution is 0.300. The van der Waals surface area contributed by atoms with Crippen LogP contribution in [0, 0.1) is 5.92 Å². The minimum atomic E-state index is -3.74. The predicted octanol–water partition coefficient (Wildman–Crippen LogP) is 0.759. The van der Waals surface area contributed by atoms with Crippen LogP contribution in [0.4, 0.5) is 5.69 Å². The molecular weight excluding hydrogens is 286 g/mol. The summed E-state index contributed by atoms with van der Waals surface area (Å²) in [7, 11) is -3.74. The van der Waals surface area contributed by atoms with Crippen molar-refractivity contribution in [1.82, 2.24) is 0 Å². The summed E-state index contributed by atoms with van der Waals surface area (Å²) in [5, 5.41) is 0.393. The zero-order chi connectivity index (χ0) is 13.6. The Balaban J connectivity index is 1.91. The first-order chi connectivity index (χ1) is 8.96. The van der Waals surface area contributed by atoms with Gasteiger partial charge in [0, 0.05) is 11.2 Å². The first-order valence-electron chi connectivity index (χ1n) is 5.79. The van der Waals surface area contributed by atoms with E-state index in [2.05, 4.69) is 21.7 Å². The first kappa shape index (κ1) is 12.6. The Morgan fingerprint density at radius 2 is 2.26 bits per heavy atom. The van der Waals surface area contributed by atoms with Crippen molar-refractivity contribution in [3.05, 3.63) is 23.8 Å². The van der Waals surface area contributed by atoms with Crippen LogP contribution in [0.1, 0.15) is 12.0 Å². The first-order valence-corrected chi connectivity index (χ1v) is 7.74. The second kappa shape index (κ2) is 4.31. The quantitative estimate of drug-likeness (QED) is 0.718. The molecule has 1 heterocycles. The molecule has 6 nitrogen and oxygen atoms in total. The average molecular weight is 299 g/mol. The average Bonchev–Trinajstić information content (AvgIpc) is 3.00. The largest absolute Gasteiger partial charge is 0.492 e. The number of rotatable bonds is 3. The number of benzene rings is 1. The van der Waals surface area contributed by atoms with Crippen LogP contribution in [0.3, 0.4) is 0 Å². The fourth-order valence-corrected chi connectivity index (χ4v) is 3.15. The van der Waals surface area contributed by atoms with Gasteiger partial charge in [0.05, 0.1) is 17.9 Å². The van der Waals surface area contributed by atoms with Crippen LogP contribution in [-0.2, 0) is 10.2 Å². The summed E-state index contributed by atoms with van der Waals surface area (Å²) in [6, 6.07) is 5.08.